The highest BCUT2D eigenvalue weighted by Gasteiger charge is 2.15. The van der Waals surface area contributed by atoms with Crippen LogP contribution in [0.25, 0.3) is 11.1 Å². The van der Waals surface area contributed by atoms with E-state index in [0.29, 0.717) is 24.2 Å². The minimum atomic E-state index is -0.498. The van der Waals surface area contributed by atoms with Crippen molar-refractivity contribution in [2.75, 3.05) is 13.1 Å². The zero-order chi connectivity index (χ0) is 13.1. The molecule has 0 aliphatic carbocycles. The molecule has 0 bridgehead atoms. The van der Waals surface area contributed by atoms with Crippen molar-refractivity contribution in [3.63, 3.8) is 0 Å². The molecule has 6 nitrogen and oxygen atoms in total. The lowest BCUT2D eigenvalue weighted by atomic mass is 10.00. The van der Waals surface area contributed by atoms with Gasteiger partial charge in [0.15, 0.2) is 5.58 Å². The topological polar surface area (TPSA) is 101 Å². The Morgan fingerprint density at radius 1 is 1.56 bits per heavy atom. The maximum atomic E-state index is 11.8. The Morgan fingerprint density at radius 3 is 3.06 bits per heavy atom. The van der Waals surface area contributed by atoms with Crippen molar-refractivity contribution in [3.8, 4) is 0 Å². The van der Waals surface area contributed by atoms with Crippen LogP contribution in [0.2, 0.25) is 0 Å². The summed E-state index contributed by atoms with van der Waals surface area (Å²) in [6, 6.07) is 5.21. The van der Waals surface area contributed by atoms with E-state index in [1.807, 2.05) is 0 Å². The molecule has 4 N–H and O–H groups in total. The van der Waals surface area contributed by atoms with Crippen LogP contribution in [0.1, 0.15) is 18.4 Å². The number of nitrogens with two attached hydrogens (primary N) is 1. The van der Waals surface area contributed by atoms with Gasteiger partial charge in [-0.2, -0.15) is 0 Å². The van der Waals surface area contributed by atoms with Gasteiger partial charge in [0, 0.05) is 13.1 Å². The van der Waals surface area contributed by atoms with Crippen LogP contribution in [-0.4, -0.2) is 24.0 Å². The largest absolute Gasteiger partial charge is 0.417 e. The molecule has 6 heteroatoms. The molecule has 1 heterocycles. The van der Waals surface area contributed by atoms with Crippen LogP contribution in [0.15, 0.2) is 27.4 Å². The third kappa shape index (κ3) is 2.43. The predicted molar refractivity (Wildman–Crippen MR) is 67.3 cm³/mol. The van der Waals surface area contributed by atoms with Crippen LogP contribution in [0.4, 0.5) is 0 Å². The van der Waals surface area contributed by atoms with E-state index in [1.54, 1.807) is 25.1 Å². The van der Waals surface area contributed by atoms with Gasteiger partial charge in [0.2, 0.25) is 5.91 Å². The molecular formula is C12H15N3O3. The second kappa shape index (κ2) is 5.05. The van der Waals surface area contributed by atoms with E-state index in [2.05, 4.69) is 10.3 Å². The lowest BCUT2D eigenvalue weighted by Gasteiger charge is -2.11. The third-order valence-corrected chi connectivity index (χ3v) is 2.78. The van der Waals surface area contributed by atoms with Crippen LogP contribution in [-0.2, 0) is 4.79 Å². The molecule has 2 aromatic rings. The zero-order valence-electron chi connectivity index (χ0n) is 10.0. The standard InChI is InChI=1S/C12H15N3O3/c1-7(11(16)14-5-4-13)8-2-3-9-10(6-8)18-12(17)15-9/h2-3,6-7H,4-5,13H2,1H3,(H,14,16)(H,15,17). The Hall–Kier alpha value is -2.08. The van der Waals surface area contributed by atoms with E-state index in [4.69, 9.17) is 10.2 Å². The fourth-order valence-corrected chi connectivity index (χ4v) is 1.73. The summed E-state index contributed by atoms with van der Waals surface area (Å²) >= 11 is 0. The first-order valence-electron chi connectivity index (χ1n) is 5.72. The van der Waals surface area contributed by atoms with Crippen molar-refractivity contribution in [1.82, 2.24) is 10.3 Å². The minimum Gasteiger partial charge on any atom is -0.408 e. The normalized spacial score (nSPS) is 12.6. The molecule has 18 heavy (non-hydrogen) atoms. The Bertz CT molecular complexity index is 614. The second-order valence-electron chi connectivity index (χ2n) is 4.07. The first-order valence-corrected chi connectivity index (χ1v) is 5.72. The first kappa shape index (κ1) is 12.4. The van der Waals surface area contributed by atoms with Gasteiger partial charge >= 0.3 is 5.76 Å². The SMILES string of the molecule is CC(C(=O)NCCN)c1ccc2[nH]c(=O)oc2c1. The second-order valence-corrected chi connectivity index (χ2v) is 4.07. The molecule has 0 aliphatic rings. The summed E-state index contributed by atoms with van der Waals surface area (Å²) < 4.78 is 4.96. The summed E-state index contributed by atoms with van der Waals surface area (Å²) in [4.78, 5) is 25.4. The number of nitrogens with one attached hydrogen (secondary N) is 2. The summed E-state index contributed by atoms with van der Waals surface area (Å²) in [6.45, 7) is 2.65. The van der Waals surface area contributed by atoms with Crippen LogP contribution in [0.3, 0.4) is 0 Å². The van der Waals surface area contributed by atoms with Crippen molar-refractivity contribution in [3.05, 3.63) is 34.3 Å². The van der Waals surface area contributed by atoms with Gasteiger partial charge in [0.1, 0.15) is 0 Å². The third-order valence-electron chi connectivity index (χ3n) is 2.78. The van der Waals surface area contributed by atoms with Crippen LogP contribution >= 0.6 is 0 Å². The molecule has 0 radical (unpaired) electrons. The van der Waals surface area contributed by atoms with Crippen molar-refractivity contribution in [2.45, 2.75) is 12.8 Å². The van der Waals surface area contributed by atoms with Gasteiger partial charge in [-0.25, -0.2) is 4.79 Å². The number of carbonyl (C=O) groups is 1. The van der Waals surface area contributed by atoms with Gasteiger partial charge in [-0.05, 0) is 24.6 Å². The molecule has 0 aliphatic heterocycles. The zero-order valence-corrected chi connectivity index (χ0v) is 10.0. The van der Waals surface area contributed by atoms with Crippen molar-refractivity contribution in [1.29, 1.82) is 0 Å². The number of benzene rings is 1. The monoisotopic (exact) mass is 249 g/mol. The smallest absolute Gasteiger partial charge is 0.408 e. The van der Waals surface area contributed by atoms with Gasteiger partial charge in [-0.3, -0.25) is 9.78 Å². The van der Waals surface area contributed by atoms with Crippen molar-refractivity contribution in [2.24, 2.45) is 5.73 Å². The molecule has 0 fully saturated rings. The van der Waals surface area contributed by atoms with Crippen molar-refractivity contribution >= 4 is 17.0 Å². The fraction of sp³-hybridized carbons (Fsp3) is 0.333. The number of hydrogen-bond donors (Lipinski definition) is 3. The number of rotatable bonds is 4. The van der Waals surface area contributed by atoms with E-state index in [1.165, 1.54) is 0 Å². The lowest BCUT2D eigenvalue weighted by Crippen LogP contribution is -2.32. The summed E-state index contributed by atoms with van der Waals surface area (Å²) in [5.74, 6) is -0.916. The van der Waals surface area contributed by atoms with Gasteiger partial charge < -0.3 is 15.5 Å². The number of aromatic amines is 1. The summed E-state index contributed by atoms with van der Waals surface area (Å²) in [6.07, 6.45) is 0. The van der Waals surface area contributed by atoms with Crippen LogP contribution in [0.5, 0.6) is 0 Å². The molecule has 2 rings (SSSR count). The predicted octanol–water partition coefficient (Wildman–Crippen LogP) is 0.299. The first-order chi connectivity index (χ1) is 8.61. The van der Waals surface area contributed by atoms with Crippen LogP contribution in [0, 0.1) is 0 Å². The molecule has 1 unspecified atom stereocenters. The van der Waals surface area contributed by atoms with Gasteiger partial charge in [0.25, 0.3) is 0 Å². The molecule has 0 saturated heterocycles. The van der Waals surface area contributed by atoms with Crippen molar-refractivity contribution < 1.29 is 9.21 Å². The van der Waals surface area contributed by atoms with Gasteiger partial charge in [0.05, 0.1) is 11.4 Å². The highest BCUT2D eigenvalue weighted by Crippen LogP contribution is 2.20. The Balaban J connectivity index is 2.24. The van der Waals surface area contributed by atoms with E-state index in [0.717, 1.165) is 5.56 Å². The van der Waals surface area contributed by atoms with E-state index in [-0.39, 0.29) is 11.8 Å². The number of H-pyrrole nitrogens is 1. The molecule has 1 aromatic carbocycles. The van der Waals surface area contributed by atoms with Gasteiger partial charge in [-0.1, -0.05) is 6.07 Å². The molecule has 1 aromatic heterocycles. The average molecular weight is 249 g/mol. The number of carbonyl (C=O) groups excluding carboxylic acids is 1. The highest BCUT2D eigenvalue weighted by atomic mass is 16.4. The van der Waals surface area contributed by atoms with Crippen LogP contribution < -0.4 is 16.8 Å². The molecule has 0 saturated carbocycles. The van der Waals surface area contributed by atoms with E-state index in [9.17, 15) is 9.59 Å². The minimum absolute atomic E-state index is 0.0994. The molecule has 1 atom stereocenters. The lowest BCUT2D eigenvalue weighted by molar-refractivity contribution is -0.122. The summed E-state index contributed by atoms with van der Waals surface area (Å²) in [5.41, 5.74) is 7.19. The van der Waals surface area contributed by atoms with E-state index < -0.39 is 5.76 Å². The quantitative estimate of drug-likeness (QED) is 0.725. The maximum Gasteiger partial charge on any atom is 0.417 e. The molecule has 0 spiro atoms. The Kier molecular flexibility index (Phi) is 3.47. The Labute approximate surface area is 103 Å². The number of hydrogen-bond acceptors (Lipinski definition) is 4. The highest BCUT2D eigenvalue weighted by molar-refractivity contribution is 5.84. The Morgan fingerprint density at radius 2 is 2.33 bits per heavy atom. The average Bonchev–Trinajstić information content (AvgIpc) is 2.73. The van der Waals surface area contributed by atoms with Gasteiger partial charge in [-0.15, -0.1) is 0 Å². The number of amides is 1. The molecule has 1 amide bonds. The summed E-state index contributed by atoms with van der Waals surface area (Å²) in [7, 11) is 0. The fourth-order valence-electron chi connectivity index (χ4n) is 1.73. The number of aromatic nitrogens is 1. The number of oxazole rings is 1. The maximum absolute atomic E-state index is 11.8. The van der Waals surface area contributed by atoms with E-state index >= 15 is 0 Å². The number of fused-ring (bicyclic) bond motifs is 1. The molecule has 96 valence electrons. The summed E-state index contributed by atoms with van der Waals surface area (Å²) in [5, 5.41) is 2.72. The molecular weight excluding hydrogens is 234 g/mol.